The van der Waals surface area contributed by atoms with Crippen LogP contribution in [0, 0.1) is 0 Å². The first-order valence-electron chi connectivity index (χ1n) is 4.23. The van der Waals surface area contributed by atoms with Gasteiger partial charge in [-0.1, -0.05) is 5.16 Å². The number of oxime groups is 1. The van der Waals surface area contributed by atoms with Gasteiger partial charge in [-0.25, -0.2) is 9.67 Å². The number of hydrogen-bond acceptors (Lipinski definition) is 5. The third kappa shape index (κ3) is 2.70. The Balaban J connectivity index is 2.51. The van der Waals surface area contributed by atoms with Crippen LogP contribution in [0.1, 0.15) is 12.7 Å². The SMILES string of the molecule is CCOCCn1cnc(C(N)=NO)n1. The Labute approximate surface area is 81.2 Å². The molecule has 7 nitrogen and oxygen atoms in total. The minimum Gasteiger partial charge on any atom is -0.409 e. The first kappa shape index (κ1) is 10.5. The van der Waals surface area contributed by atoms with Gasteiger partial charge in [-0.2, -0.15) is 0 Å². The number of aromatic nitrogens is 3. The van der Waals surface area contributed by atoms with Gasteiger partial charge in [-0.3, -0.25) is 0 Å². The predicted molar refractivity (Wildman–Crippen MR) is 49.0 cm³/mol. The summed E-state index contributed by atoms with van der Waals surface area (Å²) in [6.45, 7) is 3.75. The van der Waals surface area contributed by atoms with Crippen molar-refractivity contribution in [2.24, 2.45) is 10.9 Å². The molecule has 0 spiro atoms. The molecular formula is C7H13N5O2. The van der Waals surface area contributed by atoms with E-state index in [2.05, 4.69) is 15.2 Å². The average molecular weight is 199 g/mol. The molecule has 0 bridgehead atoms. The summed E-state index contributed by atoms with van der Waals surface area (Å²) in [5.41, 5.74) is 5.29. The lowest BCUT2D eigenvalue weighted by atomic mass is 10.6. The van der Waals surface area contributed by atoms with Gasteiger partial charge in [0, 0.05) is 6.61 Å². The molecule has 1 rings (SSSR count). The molecule has 7 heteroatoms. The number of hydrogen-bond donors (Lipinski definition) is 2. The fourth-order valence-corrected chi connectivity index (χ4v) is 0.867. The predicted octanol–water partition coefficient (Wildman–Crippen LogP) is -0.591. The summed E-state index contributed by atoms with van der Waals surface area (Å²) in [4.78, 5) is 3.85. The molecule has 0 amide bonds. The topological polar surface area (TPSA) is 98.6 Å². The Bertz CT molecular complexity index is 309. The highest BCUT2D eigenvalue weighted by Gasteiger charge is 2.04. The van der Waals surface area contributed by atoms with Crippen LogP contribution in [-0.2, 0) is 11.3 Å². The monoisotopic (exact) mass is 199 g/mol. The fourth-order valence-electron chi connectivity index (χ4n) is 0.867. The van der Waals surface area contributed by atoms with Gasteiger partial charge >= 0.3 is 0 Å². The Morgan fingerprint density at radius 3 is 3.21 bits per heavy atom. The van der Waals surface area contributed by atoms with Crippen LogP contribution >= 0.6 is 0 Å². The first-order valence-corrected chi connectivity index (χ1v) is 4.23. The third-order valence-corrected chi connectivity index (χ3v) is 1.54. The number of nitrogens with two attached hydrogens (primary N) is 1. The second kappa shape index (κ2) is 5.18. The summed E-state index contributed by atoms with van der Waals surface area (Å²) in [5.74, 6) is 0.115. The van der Waals surface area contributed by atoms with E-state index in [1.54, 1.807) is 4.68 Å². The molecule has 0 radical (unpaired) electrons. The summed E-state index contributed by atoms with van der Waals surface area (Å²) < 4.78 is 6.71. The van der Waals surface area contributed by atoms with Crippen LogP contribution in [0.15, 0.2) is 11.5 Å². The van der Waals surface area contributed by atoms with E-state index in [1.807, 2.05) is 6.92 Å². The van der Waals surface area contributed by atoms with Crippen molar-refractivity contribution in [3.63, 3.8) is 0 Å². The highest BCUT2D eigenvalue weighted by atomic mass is 16.5. The van der Waals surface area contributed by atoms with Crippen LogP contribution in [0.5, 0.6) is 0 Å². The summed E-state index contributed by atoms with van der Waals surface area (Å²) >= 11 is 0. The maximum Gasteiger partial charge on any atom is 0.219 e. The highest BCUT2D eigenvalue weighted by Crippen LogP contribution is 1.89. The van der Waals surface area contributed by atoms with Crippen molar-refractivity contribution >= 4 is 5.84 Å². The molecule has 0 saturated carbocycles. The zero-order chi connectivity index (χ0) is 10.4. The van der Waals surface area contributed by atoms with Crippen LogP contribution in [0.4, 0.5) is 0 Å². The molecule has 0 aliphatic carbocycles. The van der Waals surface area contributed by atoms with Crippen molar-refractivity contribution in [2.45, 2.75) is 13.5 Å². The molecule has 1 heterocycles. The Hall–Kier alpha value is -1.63. The molecule has 0 saturated heterocycles. The van der Waals surface area contributed by atoms with Gasteiger partial charge in [-0.05, 0) is 6.92 Å². The normalized spacial score (nSPS) is 11.9. The lowest BCUT2D eigenvalue weighted by Gasteiger charge is -1.99. The largest absolute Gasteiger partial charge is 0.409 e. The molecule has 0 aromatic carbocycles. The second-order valence-electron chi connectivity index (χ2n) is 2.51. The smallest absolute Gasteiger partial charge is 0.219 e. The van der Waals surface area contributed by atoms with Crippen molar-refractivity contribution in [1.29, 1.82) is 0 Å². The van der Waals surface area contributed by atoms with Gasteiger partial charge in [0.25, 0.3) is 0 Å². The summed E-state index contributed by atoms with van der Waals surface area (Å²) in [7, 11) is 0. The summed E-state index contributed by atoms with van der Waals surface area (Å²) in [6, 6.07) is 0. The van der Waals surface area contributed by atoms with Gasteiger partial charge in [0.05, 0.1) is 13.2 Å². The van der Waals surface area contributed by atoms with Crippen LogP contribution in [0.25, 0.3) is 0 Å². The molecule has 0 unspecified atom stereocenters. The Morgan fingerprint density at radius 1 is 1.79 bits per heavy atom. The van der Waals surface area contributed by atoms with Gasteiger partial charge in [0.15, 0.2) is 0 Å². The lowest BCUT2D eigenvalue weighted by molar-refractivity contribution is 0.136. The Morgan fingerprint density at radius 2 is 2.57 bits per heavy atom. The van der Waals surface area contributed by atoms with Crippen molar-refractivity contribution in [3.05, 3.63) is 12.2 Å². The van der Waals surface area contributed by atoms with Crippen LogP contribution in [0.2, 0.25) is 0 Å². The van der Waals surface area contributed by atoms with Crippen molar-refractivity contribution in [2.75, 3.05) is 13.2 Å². The number of nitrogens with zero attached hydrogens (tertiary/aromatic N) is 4. The molecule has 1 aromatic rings. The van der Waals surface area contributed by atoms with Gasteiger partial charge < -0.3 is 15.7 Å². The highest BCUT2D eigenvalue weighted by molar-refractivity contribution is 5.93. The van der Waals surface area contributed by atoms with Gasteiger partial charge in [0.2, 0.25) is 11.7 Å². The number of rotatable bonds is 5. The second-order valence-corrected chi connectivity index (χ2v) is 2.51. The lowest BCUT2D eigenvalue weighted by Crippen LogP contribution is -2.16. The van der Waals surface area contributed by atoms with E-state index in [0.717, 1.165) is 0 Å². The third-order valence-electron chi connectivity index (χ3n) is 1.54. The van der Waals surface area contributed by atoms with Gasteiger partial charge in [0.1, 0.15) is 6.33 Å². The molecule has 1 aromatic heterocycles. The molecule has 78 valence electrons. The summed E-state index contributed by atoms with van der Waals surface area (Å²) in [5, 5.41) is 15.1. The molecule has 0 aliphatic rings. The van der Waals surface area contributed by atoms with Crippen LogP contribution in [0.3, 0.4) is 0 Å². The standard InChI is InChI=1S/C7H13N5O2/c1-2-14-4-3-12-5-9-7(10-12)6(8)11-13/h5,13H,2-4H2,1H3,(H2,8,11). The molecule has 0 atom stereocenters. The van der Waals surface area contributed by atoms with Crippen LogP contribution in [-0.4, -0.2) is 39.0 Å². The van der Waals surface area contributed by atoms with E-state index >= 15 is 0 Å². The molecule has 0 fully saturated rings. The zero-order valence-corrected chi connectivity index (χ0v) is 7.92. The maximum atomic E-state index is 8.36. The minimum atomic E-state index is -0.0971. The molecule has 0 aliphatic heterocycles. The molecule has 14 heavy (non-hydrogen) atoms. The minimum absolute atomic E-state index is 0.0971. The van der Waals surface area contributed by atoms with E-state index in [0.29, 0.717) is 19.8 Å². The van der Waals surface area contributed by atoms with E-state index in [4.69, 9.17) is 15.7 Å². The number of amidine groups is 1. The van der Waals surface area contributed by atoms with E-state index in [1.165, 1.54) is 6.33 Å². The average Bonchev–Trinajstić information content (AvgIpc) is 2.66. The Kier molecular flexibility index (Phi) is 3.86. The zero-order valence-electron chi connectivity index (χ0n) is 7.92. The quantitative estimate of drug-likeness (QED) is 0.217. The van der Waals surface area contributed by atoms with E-state index in [-0.39, 0.29) is 11.7 Å². The van der Waals surface area contributed by atoms with Crippen molar-refractivity contribution in [3.8, 4) is 0 Å². The van der Waals surface area contributed by atoms with Crippen molar-refractivity contribution < 1.29 is 9.94 Å². The molecular weight excluding hydrogens is 186 g/mol. The van der Waals surface area contributed by atoms with Crippen LogP contribution < -0.4 is 5.73 Å². The van der Waals surface area contributed by atoms with E-state index in [9.17, 15) is 0 Å². The van der Waals surface area contributed by atoms with E-state index < -0.39 is 0 Å². The first-order chi connectivity index (χ1) is 6.77. The molecule has 3 N–H and O–H groups in total. The maximum absolute atomic E-state index is 8.36. The summed E-state index contributed by atoms with van der Waals surface area (Å²) in [6.07, 6.45) is 1.51. The van der Waals surface area contributed by atoms with Gasteiger partial charge in [-0.15, -0.1) is 5.10 Å². The number of ether oxygens (including phenoxy) is 1. The van der Waals surface area contributed by atoms with Crippen molar-refractivity contribution in [1.82, 2.24) is 14.8 Å². The fraction of sp³-hybridized carbons (Fsp3) is 0.571.